The third-order valence-electron chi connectivity index (χ3n) is 2.63. The third kappa shape index (κ3) is 3.08. The predicted octanol–water partition coefficient (Wildman–Crippen LogP) is 2.30. The van der Waals surface area contributed by atoms with Crippen molar-refractivity contribution in [2.75, 3.05) is 19.6 Å². The molecule has 0 unspecified atom stereocenters. The highest BCUT2D eigenvalue weighted by molar-refractivity contribution is 6.35. The molecule has 1 aromatic carbocycles. The van der Waals surface area contributed by atoms with Crippen molar-refractivity contribution >= 4 is 23.2 Å². The van der Waals surface area contributed by atoms with Crippen LogP contribution in [-0.2, 0) is 6.54 Å². The van der Waals surface area contributed by atoms with Gasteiger partial charge in [0.15, 0.2) is 0 Å². The average Bonchev–Trinajstić information content (AvgIpc) is 2.12. The number of benzene rings is 1. The van der Waals surface area contributed by atoms with Crippen LogP contribution in [0.3, 0.4) is 0 Å². The molecule has 1 aliphatic rings. The van der Waals surface area contributed by atoms with Crippen molar-refractivity contribution in [2.24, 2.45) is 5.92 Å². The van der Waals surface area contributed by atoms with Crippen LogP contribution in [0.5, 0.6) is 0 Å². The molecule has 0 atom stereocenters. The fraction of sp³-hybridized carbons (Fsp3) is 0.455. The third-order valence-corrected chi connectivity index (χ3v) is 3.22. The monoisotopic (exact) mass is 244 g/mol. The maximum atomic E-state index is 6.06. The van der Waals surface area contributed by atoms with Crippen LogP contribution in [0, 0.1) is 5.92 Å². The van der Waals surface area contributed by atoms with Gasteiger partial charge in [-0.05, 0) is 23.6 Å². The van der Waals surface area contributed by atoms with E-state index in [1.165, 1.54) is 0 Å². The minimum atomic E-state index is 0.687. The van der Waals surface area contributed by atoms with Gasteiger partial charge >= 0.3 is 0 Å². The smallest absolute Gasteiger partial charge is 0.0465 e. The Morgan fingerprint density at radius 3 is 2.73 bits per heavy atom. The van der Waals surface area contributed by atoms with Gasteiger partial charge in [-0.15, -0.1) is 0 Å². The molecule has 0 bridgehead atoms. The molecule has 1 fully saturated rings. The molecule has 1 aromatic rings. The van der Waals surface area contributed by atoms with Gasteiger partial charge in [0.2, 0.25) is 0 Å². The van der Waals surface area contributed by atoms with Gasteiger partial charge < -0.3 is 10.6 Å². The molecule has 0 aliphatic carbocycles. The molecule has 0 saturated carbocycles. The highest BCUT2D eigenvalue weighted by Gasteiger charge is 2.15. The second kappa shape index (κ2) is 5.17. The maximum absolute atomic E-state index is 6.06. The first-order valence-electron chi connectivity index (χ1n) is 5.11. The summed E-state index contributed by atoms with van der Waals surface area (Å²) in [5.74, 6) is 0.774. The Hall–Kier alpha value is -0.280. The Morgan fingerprint density at radius 1 is 1.33 bits per heavy atom. The van der Waals surface area contributed by atoms with E-state index in [1.807, 2.05) is 12.1 Å². The lowest BCUT2D eigenvalue weighted by Crippen LogP contribution is -2.47. The molecule has 0 amide bonds. The summed E-state index contributed by atoms with van der Waals surface area (Å²) in [5.41, 5.74) is 1.10. The van der Waals surface area contributed by atoms with E-state index in [-0.39, 0.29) is 0 Å². The highest BCUT2D eigenvalue weighted by atomic mass is 35.5. The van der Waals surface area contributed by atoms with Crippen LogP contribution >= 0.6 is 23.2 Å². The molecule has 15 heavy (non-hydrogen) atoms. The van der Waals surface area contributed by atoms with E-state index in [0.29, 0.717) is 5.02 Å². The molecule has 1 saturated heterocycles. The van der Waals surface area contributed by atoms with Gasteiger partial charge in [-0.1, -0.05) is 29.3 Å². The minimum absolute atomic E-state index is 0.687. The van der Waals surface area contributed by atoms with Crippen molar-refractivity contribution in [1.82, 2.24) is 10.6 Å². The summed E-state index contributed by atoms with van der Waals surface area (Å²) in [7, 11) is 0. The Kier molecular flexibility index (Phi) is 3.87. The predicted molar refractivity (Wildman–Crippen MR) is 64.5 cm³/mol. The number of nitrogens with one attached hydrogen (secondary N) is 2. The van der Waals surface area contributed by atoms with Gasteiger partial charge in [0.05, 0.1) is 0 Å². The Bertz CT molecular complexity index is 337. The van der Waals surface area contributed by atoms with Crippen molar-refractivity contribution in [1.29, 1.82) is 0 Å². The van der Waals surface area contributed by atoms with Crippen molar-refractivity contribution in [3.05, 3.63) is 33.8 Å². The first kappa shape index (κ1) is 11.2. The fourth-order valence-electron chi connectivity index (χ4n) is 1.57. The zero-order valence-corrected chi connectivity index (χ0v) is 9.91. The molecule has 1 heterocycles. The van der Waals surface area contributed by atoms with E-state index >= 15 is 0 Å². The van der Waals surface area contributed by atoms with Crippen LogP contribution in [0.2, 0.25) is 10.0 Å². The normalized spacial score (nSPS) is 16.4. The Labute approximate surface area is 100.0 Å². The quantitative estimate of drug-likeness (QED) is 0.850. The first-order chi connectivity index (χ1) is 7.25. The van der Waals surface area contributed by atoms with Crippen molar-refractivity contribution in [3.63, 3.8) is 0 Å². The number of hydrogen-bond donors (Lipinski definition) is 2. The molecular formula is C11H14Cl2N2. The van der Waals surface area contributed by atoms with Crippen LogP contribution in [0.15, 0.2) is 18.2 Å². The summed E-state index contributed by atoms with van der Waals surface area (Å²) in [6, 6.07) is 5.62. The average molecular weight is 245 g/mol. The molecule has 0 aromatic heterocycles. The van der Waals surface area contributed by atoms with Gasteiger partial charge in [-0.3, -0.25) is 0 Å². The standard InChI is InChI=1S/C11H14Cl2N2/c12-10-2-1-9(11(13)3-10)7-15-6-8-4-14-5-8/h1-3,8,14-15H,4-7H2. The van der Waals surface area contributed by atoms with Crippen LogP contribution in [-0.4, -0.2) is 19.6 Å². The fourth-order valence-corrected chi connectivity index (χ4v) is 2.04. The molecule has 1 aliphatic heterocycles. The molecule has 0 spiro atoms. The van der Waals surface area contributed by atoms with Gasteiger partial charge in [0.25, 0.3) is 0 Å². The first-order valence-corrected chi connectivity index (χ1v) is 5.86. The molecular weight excluding hydrogens is 231 g/mol. The Balaban J connectivity index is 1.81. The Morgan fingerprint density at radius 2 is 2.13 bits per heavy atom. The molecule has 2 nitrogen and oxygen atoms in total. The number of hydrogen-bond acceptors (Lipinski definition) is 2. The van der Waals surface area contributed by atoms with E-state index in [0.717, 1.165) is 42.7 Å². The van der Waals surface area contributed by atoms with Crippen molar-refractivity contribution in [3.8, 4) is 0 Å². The van der Waals surface area contributed by atoms with Gasteiger partial charge in [0, 0.05) is 36.2 Å². The molecule has 2 N–H and O–H groups in total. The largest absolute Gasteiger partial charge is 0.316 e. The van der Waals surface area contributed by atoms with Crippen LogP contribution in [0.25, 0.3) is 0 Å². The van der Waals surface area contributed by atoms with E-state index in [1.54, 1.807) is 6.07 Å². The minimum Gasteiger partial charge on any atom is -0.316 e. The van der Waals surface area contributed by atoms with E-state index in [9.17, 15) is 0 Å². The lowest BCUT2D eigenvalue weighted by Gasteiger charge is -2.27. The second-order valence-electron chi connectivity index (χ2n) is 3.89. The van der Waals surface area contributed by atoms with E-state index in [2.05, 4.69) is 10.6 Å². The summed E-state index contributed by atoms with van der Waals surface area (Å²) < 4.78 is 0. The maximum Gasteiger partial charge on any atom is 0.0465 e. The molecule has 82 valence electrons. The summed E-state index contributed by atoms with van der Waals surface area (Å²) in [5, 5.41) is 8.07. The van der Waals surface area contributed by atoms with Crippen molar-refractivity contribution < 1.29 is 0 Å². The van der Waals surface area contributed by atoms with Gasteiger partial charge in [-0.25, -0.2) is 0 Å². The van der Waals surface area contributed by atoms with Crippen LogP contribution in [0.4, 0.5) is 0 Å². The SMILES string of the molecule is Clc1ccc(CNCC2CNC2)c(Cl)c1. The van der Waals surface area contributed by atoms with Gasteiger partial charge in [0.1, 0.15) is 0 Å². The lowest BCUT2D eigenvalue weighted by atomic mass is 10.0. The lowest BCUT2D eigenvalue weighted by molar-refractivity contribution is 0.331. The summed E-state index contributed by atoms with van der Waals surface area (Å²) in [6.45, 7) is 4.11. The van der Waals surface area contributed by atoms with Gasteiger partial charge in [-0.2, -0.15) is 0 Å². The number of rotatable bonds is 4. The summed E-state index contributed by atoms with van der Waals surface area (Å²) in [6.07, 6.45) is 0. The molecule has 2 rings (SSSR count). The van der Waals surface area contributed by atoms with Crippen LogP contribution < -0.4 is 10.6 Å². The van der Waals surface area contributed by atoms with Crippen LogP contribution in [0.1, 0.15) is 5.56 Å². The highest BCUT2D eigenvalue weighted by Crippen LogP contribution is 2.20. The zero-order chi connectivity index (χ0) is 10.7. The zero-order valence-electron chi connectivity index (χ0n) is 8.39. The molecule has 4 heteroatoms. The number of halogens is 2. The van der Waals surface area contributed by atoms with Crippen molar-refractivity contribution in [2.45, 2.75) is 6.54 Å². The second-order valence-corrected chi connectivity index (χ2v) is 4.73. The molecule has 0 radical (unpaired) electrons. The van der Waals surface area contributed by atoms with E-state index < -0.39 is 0 Å². The summed E-state index contributed by atoms with van der Waals surface area (Å²) in [4.78, 5) is 0. The topological polar surface area (TPSA) is 24.1 Å². The van der Waals surface area contributed by atoms with E-state index in [4.69, 9.17) is 23.2 Å². The summed E-state index contributed by atoms with van der Waals surface area (Å²) >= 11 is 11.9.